The average molecular weight is 257 g/mol. The van der Waals surface area contributed by atoms with Gasteiger partial charge in [-0.3, -0.25) is 0 Å². The Balaban J connectivity index is 2.55. The van der Waals surface area contributed by atoms with Gasteiger partial charge in [-0.2, -0.15) is 0 Å². The SMILES string of the molecule is O=c1occ(-c2cccs2)cc1Br. The van der Waals surface area contributed by atoms with Crippen LogP contribution < -0.4 is 5.63 Å². The summed E-state index contributed by atoms with van der Waals surface area (Å²) in [5, 5.41) is 1.98. The summed E-state index contributed by atoms with van der Waals surface area (Å²) in [6, 6.07) is 5.70. The maximum absolute atomic E-state index is 10.9. The van der Waals surface area contributed by atoms with Crippen LogP contribution in [0.15, 0.2) is 43.5 Å². The van der Waals surface area contributed by atoms with E-state index in [0.717, 1.165) is 10.4 Å². The minimum Gasteiger partial charge on any atom is -0.430 e. The van der Waals surface area contributed by atoms with Crippen LogP contribution in [0.4, 0.5) is 0 Å². The van der Waals surface area contributed by atoms with E-state index in [9.17, 15) is 4.79 Å². The molecule has 0 N–H and O–H groups in total. The number of thiophene rings is 1. The molecule has 0 saturated carbocycles. The molecular formula is C9H5BrO2S. The second-order valence-corrected chi connectivity index (χ2v) is 4.25. The largest absolute Gasteiger partial charge is 0.430 e. The van der Waals surface area contributed by atoms with E-state index in [4.69, 9.17) is 4.42 Å². The van der Waals surface area contributed by atoms with Gasteiger partial charge in [-0.1, -0.05) is 6.07 Å². The maximum Gasteiger partial charge on any atom is 0.350 e. The maximum atomic E-state index is 10.9. The fraction of sp³-hybridized carbons (Fsp3) is 0. The minimum absolute atomic E-state index is 0.347. The molecule has 0 aliphatic carbocycles. The first-order valence-corrected chi connectivity index (χ1v) is 5.27. The van der Waals surface area contributed by atoms with E-state index in [1.165, 1.54) is 6.26 Å². The van der Waals surface area contributed by atoms with E-state index in [1.807, 2.05) is 17.5 Å². The summed E-state index contributed by atoms with van der Waals surface area (Å²) in [4.78, 5) is 12.0. The number of hydrogen-bond acceptors (Lipinski definition) is 3. The topological polar surface area (TPSA) is 30.2 Å². The molecule has 0 unspecified atom stereocenters. The zero-order chi connectivity index (χ0) is 9.26. The predicted molar refractivity (Wildman–Crippen MR) is 56.0 cm³/mol. The minimum atomic E-state index is -0.347. The molecule has 2 rings (SSSR count). The molecule has 2 nitrogen and oxygen atoms in total. The molecule has 2 aromatic heterocycles. The molecule has 2 aromatic rings. The van der Waals surface area contributed by atoms with E-state index in [0.29, 0.717) is 4.47 Å². The van der Waals surface area contributed by atoms with Gasteiger partial charge in [0.1, 0.15) is 10.7 Å². The molecule has 66 valence electrons. The second kappa shape index (κ2) is 3.47. The summed E-state index contributed by atoms with van der Waals surface area (Å²) in [5.41, 5.74) is 0.571. The quantitative estimate of drug-likeness (QED) is 0.785. The molecule has 0 bridgehead atoms. The average Bonchev–Trinajstić information content (AvgIpc) is 2.62. The molecule has 4 heteroatoms. The Hall–Kier alpha value is -0.870. The first-order chi connectivity index (χ1) is 6.27. The van der Waals surface area contributed by atoms with Crippen molar-refractivity contribution in [3.05, 3.63) is 44.7 Å². The van der Waals surface area contributed by atoms with Crippen molar-refractivity contribution < 1.29 is 4.42 Å². The second-order valence-electron chi connectivity index (χ2n) is 2.45. The summed E-state index contributed by atoms with van der Waals surface area (Å²) in [6.45, 7) is 0. The van der Waals surface area contributed by atoms with Crippen molar-refractivity contribution in [2.75, 3.05) is 0 Å². The van der Waals surface area contributed by atoms with E-state index in [1.54, 1.807) is 17.4 Å². The van der Waals surface area contributed by atoms with Crippen molar-refractivity contribution >= 4 is 27.3 Å². The Morgan fingerprint density at radius 1 is 1.46 bits per heavy atom. The lowest BCUT2D eigenvalue weighted by molar-refractivity contribution is 0.508. The number of rotatable bonds is 1. The fourth-order valence-electron chi connectivity index (χ4n) is 0.975. The zero-order valence-corrected chi connectivity index (χ0v) is 8.89. The van der Waals surface area contributed by atoms with Crippen LogP contribution in [-0.2, 0) is 0 Å². The smallest absolute Gasteiger partial charge is 0.350 e. The van der Waals surface area contributed by atoms with Crippen LogP contribution in [0.1, 0.15) is 0 Å². The highest BCUT2D eigenvalue weighted by molar-refractivity contribution is 9.10. The first kappa shape index (κ1) is 8.72. The highest BCUT2D eigenvalue weighted by Crippen LogP contribution is 2.25. The molecule has 0 aliphatic heterocycles. The van der Waals surface area contributed by atoms with Crippen LogP contribution in [0.25, 0.3) is 10.4 Å². The van der Waals surface area contributed by atoms with Crippen LogP contribution >= 0.6 is 27.3 Å². The molecule has 2 heterocycles. The molecule has 0 saturated heterocycles. The van der Waals surface area contributed by atoms with Crippen LogP contribution in [0, 0.1) is 0 Å². The third-order valence-corrected chi connectivity index (χ3v) is 3.05. The molecule has 0 atom stereocenters. The summed E-state index contributed by atoms with van der Waals surface area (Å²) in [7, 11) is 0. The summed E-state index contributed by atoms with van der Waals surface area (Å²) < 4.78 is 5.27. The van der Waals surface area contributed by atoms with Crippen molar-refractivity contribution in [1.29, 1.82) is 0 Å². The molecule has 0 aliphatic rings. The molecule has 0 spiro atoms. The molecule has 0 fully saturated rings. The number of halogens is 1. The van der Waals surface area contributed by atoms with Crippen molar-refractivity contribution in [1.82, 2.24) is 0 Å². The van der Waals surface area contributed by atoms with Gasteiger partial charge in [-0.25, -0.2) is 4.79 Å². The third-order valence-electron chi connectivity index (χ3n) is 1.58. The van der Waals surface area contributed by atoms with E-state index < -0.39 is 0 Å². The van der Waals surface area contributed by atoms with Gasteiger partial charge in [0, 0.05) is 10.4 Å². The lowest BCUT2D eigenvalue weighted by atomic mass is 10.2. The lowest BCUT2D eigenvalue weighted by Gasteiger charge is -1.95. The summed E-state index contributed by atoms with van der Waals surface area (Å²) in [5.74, 6) is 0. The highest BCUT2D eigenvalue weighted by atomic mass is 79.9. The molecule has 0 amide bonds. The molecule has 13 heavy (non-hydrogen) atoms. The monoisotopic (exact) mass is 256 g/mol. The van der Waals surface area contributed by atoms with Crippen molar-refractivity contribution in [3.63, 3.8) is 0 Å². The van der Waals surface area contributed by atoms with Crippen molar-refractivity contribution in [3.8, 4) is 10.4 Å². The number of hydrogen-bond donors (Lipinski definition) is 0. The van der Waals surface area contributed by atoms with E-state index in [2.05, 4.69) is 15.9 Å². The first-order valence-electron chi connectivity index (χ1n) is 3.59. The Labute approximate surface area is 87.0 Å². The molecule has 0 radical (unpaired) electrons. The van der Waals surface area contributed by atoms with Gasteiger partial charge in [0.15, 0.2) is 0 Å². The van der Waals surface area contributed by atoms with Gasteiger partial charge in [-0.05, 0) is 33.4 Å². The Kier molecular flexibility index (Phi) is 2.33. The van der Waals surface area contributed by atoms with Crippen molar-refractivity contribution in [2.24, 2.45) is 0 Å². The Morgan fingerprint density at radius 2 is 2.31 bits per heavy atom. The van der Waals surface area contributed by atoms with Gasteiger partial charge in [0.25, 0.3) is 0 Å². The van der Waals surface area contributed by atoms with Crippen LogP contribution in [0.3, 0.4) is 0 Å². The van der Waals surface area contributed by atoms with Gasteiger partial charge < -0.3 is 4.42 Å². The van der Waals surface area contributed by atoms with Gasteiger partial charge >= 0.3 is 5.63 Å². The fourth-order valence-corrected chi connectivity index (χ4v) is 2.02. The third kappa shape index (κ3) is 1.73. The van der Waals surface area contributed by atoms with Crippen LogP contribution in [-0.4, -0.2) is 0 Å². The Bertz CT molecular complexity index is 459. The Morgan fingerprint density at radius 3 is 2.92 bits per heavy atom. The normalized spacial score (nSPS) is 10.2. The summed E-state index contributed by atoms with van der Waals surface area (Å²) in [6.07, 6.45) is 1.47. The zero-order valence-electron chi connectivity index (χ0n) is 6.49. The van der Waals surface area contributed by atoms with Crippen molar-refractivity contribution in [2.45, 2.75) is 0 Å². The van der Waals surface area contributed by atoms with Gasteiger partial charge in [0.2, 0.25) is 0 Å². The van der Waals surface area contributed by atoms with Crippen LogP contribution in [0.5, 0.6) is 0 Å². The highest BCUT2D eigenvalue weighted by Gasteiger charge is 2.02. The molecular weight excluding hydrogens is 252 g/mol. The van der Waals surface area contributed by atoms with E-state index >= 15 is 0 Å². The van der Waals surface area contributed by atoms with Gasteiger partial charge in [0.05, 0.1) is 0 Å². The summed E-state index contributed by atoms with van der Waals surface area (Å²) >= 11 is 4.74. The predicted octanol–water partition coefficient (Wildman–Crippen LogP) is 3.13. The molecule has 0 aromatic carbocycles. The van der Waals surface area contributed by atoms with E-state index in [-0.39, 0.29) is 5.63 Å². The van der Waals surface area contributed by atoms with Crippen LogP contribution in [0.2, 0.25) is 0 Å². The van der Waals surface area contributed by atoms with Gasteiger partial charge in [-0.15, -0.1) is 11.3 Å². The standard InChI is InChI=1S/C9H5BrO2S/c10-7-4-6(5-12-9(7)11)8-2-1-3-13-8/h1-5H. The lowest BCUT2D eigenvalue weighted by Crippen LogP contribution is -1.97.